The van der Waals surface area contributed by atoms with Crippen LogP contribution >= 0.6 is 0 Å². The molecule has 0 heterocycles. The first-order valence-corrected chi connectivity index (χ1v) is 20.7. The van der Waals surface area contributed by atoms with Gasteiger partial charge in [0.2, 0.25) is 0 Å². The zero-order valence-electron chi connectivity index (χ0n) is 31.8. The van der Waals surface area contributed by atoms with Gasteiger partial charge < -0.3 is 10.2 Å². The molecule has 0 aliphatic carbocycles. The summed E-state index contributed by atoms with van der Waals surface area (Å²) in [5, 5.41) is 19.3. The fourth-order valence-electron chi connectivity index (χ4n) is 5.97. The second kappa shape index (κ2) is 41.8. The molecule has 0 bridgehead atoms. The van der Waals surface area contributed by atoms with E-state index in [1.165, 1.54) is 141 Å². The van der Waals surface area contributed by atoms with Crippen LogP contribution in [0.15, 0.2) is 24.3 Å². The van der Waals surface area contributed by atoms with Gasteiger partial charge in [-0.25, -0.2) is 0 Å². The van der Waals surface area contributed by atoms with E-state index in [1.807, 2.05) is 0 Å². The van der Waals surface area contributed by atoms with Crippen molar-refractivity contribution in [1.29, 1.82) is 0 Å². The van der Waals surface area contributed by atoms with Gasteiger partial charge in [-0.1, -0.05) is 163 Å². The highest BCUT2D eigenvalue weighted by atomic mass is 16.3. The lowest BCUT2D eigenvalue weighted by molar-refractivity contribution is 0.217. The van der Waals surface area contributed by atoms with Crippen LogP contribution in [0, 0.1) is 48.4 Å². The number of hydrogen-bond donors (Lipinski definition) is 2. The molecule has 276 valence electrons. The van der Waals surface area contributed by atoms with E-state index in [9.17, 15) is 10.2 Å². The summed E-state index contributed by atoms with van der Waals surface area (Å²) < 4.78 is 0. The largest absolute Gasteiger partial charge is 0.380 e. The highest BCUT2D eigenvalue weighted by Crippen LogP contribution is 2.15. The fraction of sp³-hybridized carbons (Fsp3) is 0.745. The van der Waals surface area contributed by atoms with Crippen molar-refractivity contribution < 1.29 is 10.2 Å². The molecule has 2 heteroatoms. The summed E-state index contributed by atoms with van der Waals surface area (Å²) in [6.07, 6.45) is 59.0. The Balaban J connectivity index is 3.37. The number of hydrogen-bond acceptors (Lipinski definition) is 2. The maximum absolute atomic E-state index is 9.92. The Morgan fingerprint density at radius 2 is 0.694 bits per heavy atom. The number of terminal acetylenes is 2. The van der Waals surface area contributed by atoms with E-state index >= 15 is 0 Å². The van der Waals surface area contributed by atoms with E-state index in [0.29, 0.717) is 6.42 Å². The van der Waals surface area contributed by atoms with Gasteiger partial charge in [0.05, 0.1) is 0 Å². The third-order valence-electron chi connectivity index (χ3n) is 9.14. The predicted molar refractivity (Wildman–Crippen MR) is 216 cm³/mol. The third kappa shape index (κ3) is 41.7. The Kier molecular flexibility index (Phi) is 39.8. The third-order valence-corrected chi connectivity index (χ3v) is 9.14. The summed E-state index contributed by atoms with van der Waals surface area (Å²) in [4.78, 5) is 0. The molecule has 2 nitrogen and oxygen atoms in total. The van der Waals surface area contributed by atoms with Gasteiger partial charge in [-0.2, -0.15) is 0 Å². The van der Waals surface area contributed by atoms with E-state index in [2.05, 4.69) is 59.8 Å². The minimum absolute atomic E-state index is 0.587. The van der Waals surface area contributed by atoms with Crippen LogP contribution in [0.4, 0.5) is 0 Å². The van der Waals surface area contributed by atoms with Gasteiger partial charge in [0.15, 0.2) is 6.10 Å². The standard InChI is InChI=1S/C47H76O2/c1-3-5-6-7-8-9-10-11-12-13-14-15-16-17-18-19-20-21-22-23-24-25-26-27-28-29-30-31-35-38-41-44-47(49)45-42-39-36-33-32-34-37-40-43-46(48)4-2/h1-2,22-23,28-29,46-49H,5-21,24-27,30-40,43H2/b23-22-,29-28-/t46-,47+/m0/s1. The summed E-state index contributed by atoms with van der Waals surface area (Å²) in [6.45, 7) is 0. The molecule has 0 amide bonds. The summed E-state index contributed by atoms with van der Waals surface area (Å²) in [6, 6.07) is 0. The first kappa shape index (κ1) is 46.6. The molecule has 0 unspecified atom stereocenters. The molecule has 49 heavy (non-hydrogen) atoms. The highest BCUT2D eigenvalue weighted by molar-refractivity contribution is 5.19. The maximum atomic E-state index is 9.92. The molecule has 2 N–H and O–H groups in total. The molecule has 0 saturated heterocycles. The van der Waals surface area contributed by atoms with Crippen LogP contribution in [0.1, 0.15) is 212 Å². The fourth-order valence-corrected chi connectivity index (χ4v) is 5.97. The molecule has 0 aromatic heterocycles. The predicted octanol–water partition coefficient (Wildman–Crippen LogP) is 13.0. The second-order valence-corrected chi connectivity index (χ2v) is 13.9. The Morgan fingerprint density at radius 1 is 0.388 bits per heavy atom. The topological polar surface area (TPSA) is 40.5 Å². The van der Waals surface area contributed by atoms with Crippen molar-refractivity contribution in [3.8, 4) is 48.4 Å². The Bertz CT molecular complexity index is 953. The molecule has 0 aliphatic heterocycles. The van der Waals surface area contributed by atoms with Crippen LogP contribution in [0.2, 0.25) is 0 Å². The number of aliphatic hydroxyl groups is 2. The van der Waals surface area contributed by atoms with Crippen molar-refractivity contribution in [3.63, 3.8) is 0 Å². The zero-order valence-corrected chi connectivity index (χ0v) is 31.8. The Hall–Kier alpha value is -2.36. The average Bonchev–Trinajstić information content (AvgIpc) is 3.11. The van der Waals surface area contributed by atoms with Crippen molar-refractivity contribution in [2.45, 2.75) is 224 Å². The molecule has 0 aliphatic rings. The van der Waals surface area contributed by atoms with Crippen LogP contribution in [0.5, 0.6) is 0 Å². The number of rotatable bonds is 34. The monoisotopic (exact) mass is 673 g/mol. The quantitative estimate of drug-likeness (QED) is 0.0406. The summed E-state index contributed by atoms with van der Waals surface area (Å²) in [5.74, 6) is 17.0. The first-order valence-electron chi connectivity index (χ1n) is 20.7. The SMILES string of the molecule is C#CCCCCCCCCCCCCCCCCC/C=C\CCCC/C=C\CCCCC#C[C@@H](O)C#CCCCCCCCC[C@@H](O)C#C. The van der Waals surface area contributed by atoms with E-state index in [1.54, 1.807) is 0 Å². The smallest absolute Gasteiger partial charge is 0.176 e. The van der Waals surface area contributed by atoms with Crippen LogP contribution < -0.4 is 0 Å². The summed E-state index contributed by atoms with van der Waals surface area (Å²) in [5.41, 5.74) is 0. The molecule has 0 spiro atoms. The van der Waals surface area contributed by atoms with Crippen molar-refractivity contribution in [3.05, 3.63) is 24.3 Å². The van der Waals surface area contributed by atoms with Crippen molar-refractivity contribution >= 4 is 0 Å². The van der Waals surface area contributed by atoms with Gasteiger partial charge in [-0.05, 0) is 83.5 Å². The molecular weight excluding hydrogens is 597 g/mol. The van der Waals surface area contributed by atoms with Crippen LogP contribution in [-0.2, 0) is 0 Å². The highest BCUT2D eigenvalue weighted by Gasteiger charge is 1.98. The second-order valence-electron chi connectivity index (χ2n) is 13.9. The van der Waals surface area contributed by atoms with Gasteiger partial charge in [0, 0.05) is 19.3 Å². The molecule has 0 rings (SSSR count). The average molecular weight is 673 g/mol. The van der Waals surface area contributed by atoms with Crippen molar-refractivity contribution in [2.75, 3.05) is 0 Å². The Labute approximate surface area is 306 Å². The van der Waals surface area contributed by atoms with E-state index in [0.717, 1.165) is 64.2 Å². The summed E-state index contributed by atoms with van der Waals surface area (Å²) in [7, 11) is 0. The van der Waals surface area contributed by atoms with E-state index in [-0.39, 0.29) is 0 Å². The van der Waals surface area contributed by atoms with E-state index in [4.69, 9.17) is 12.8 Å². The molecular formula is C47H76O2. The van der Waals surface area contributed by atoms with Gasteiger partial charge in [0.25, 0.3) is 0 Å². The van der Waals surface area contributed by atoms with Gasteiger partial charge >= 0.3 is 0 Å². The number of unbranched alkanes of at least 4 members (excludes halogenated alkanes) is 28. The van der Waals surface area contributed by atoms with Crippen LogP contribution in [0.25, 0.3) is 0 Å². The van der Waals surface area contributed by atoms with Crippen molar-refractivity contribution in [2.24, 2.45) is 0 Å². The Morgan fingerprint density at radius 3 is 1.10 bits per heavy atom. The number of aliphatic hydroxyl groups excluding tert-OH is 2. The van der Waals surface area contributed by atoms with E-state index < -0.39 is 12.2 Å². The van der Waals surface area contributed by atoms with Gasteiger partial charge in [0.1, 0.15) is 6.10 Å². The maximum Gasteiger partial charge on any atom is 0.176 e. The first-order chi connectivity index (χ1) is 24.2. The van der Waals surface area contributed by atoms with Crippen LogP contribution in [0.3, 0.4) is 0 Å². The molecule has 0 saturated carbocycles. The summed E-state index contributed by atoms with van der Waals surface area (Å²) >= 11 is 0. The molecule has 2 atom stereocenters. The lowest BCUT2D eigenvalue weighted by Gasteiger charge is -2.03. The van der Waals surface area contributed by atoms with Crippen molar-refractivity contribution in [1.82, 2.24) is 0 Å². The number of allylic oxidation sites excluding steroid dienone is 4. The van der Waals surface area contributed by atoms with Crippen LogP contribution in [-0.4, -0.2) is 22.4 Å². The van der Waals surface area contributed by atoms with Gasteiger partial charge in [-0.3, -0.25) is 0 Å². The minimum atomic E-state index is -0.821. The normalized spacial score (nSPS) is 12.2. The molecule has 0 fully saturated rings. The minimum Gasteiger partial charge on any atom is -0.380 e. The zero-order chi connectivity index (χ0) is 35.6. The lowest BCUT2D eigenvalue weighted by atomic mass is 10.0. The molecule has 0 radical (unpaired) electrons. The molecule has 0 aromatic rings. The van der Waals surface area contributed by atoms with Gasteiger partial charge in [-0.15, -0.1) is 18.8 Å². The lowest BCUT2D eigenvalue weighted by Crippen LogP contribution is -2.01. The molecule has 0 aromatic carbocycles.